The lowest BCUT2D eigenvalue weighted by atomic mass is 9.98. The number of anilines is 1. The molecule has 1 aromatic carbocycles. The second-order valence-electron chi connectivity index (χ2n) is 5.69. The topological polar surface area (TPSA) is 66.4 Å². The first-order chi connectivity index (χ1) is 11.0. The van der Waals surface area contributed by atoms with Crippen molar-refractivity contribution in [2.24, 2.45) is 0 Å². The highest BCUT2D eigenvalue weighted by atomic mass is 32.2. The number of nitrogens with one attached hydrogen (secondary N) is 1. The van der Waals surface area contributed by atoms with Crippen molar-refractivity contribution >= 4 is 27.0 Å². The zero-order valence-corrected chi connectivity index (χ0v) is 14.1. The van der Waals surface area contributed by atoms with E-state index in [9.17, 15) is 17.9 Å². The van der Waals surface area contributed by atoms with Crippen molar-refractivity contribution in [3.05, 3.63) is 45.9 Å². The molecule has 3 rings (SSSR count). The van der Waals surface area contributed by atoms with Crippen LogP contribution in [0.4, 0.5) is 10.1 Å². The molecular weight excluding hydrogens is 337 g/mol. The van der Waals surface area contributed by atoms with Gasteiger partial charge in [0.2, 0.25) is 0 Å². The standard InChI is InChI=1S/C16H18FNO3S2/c17-13-9-12(11-3-1-2-4-11)5-6-16(13)23(20,21)18-14-7-8-22-15(14)10-19/h5-9,11,18-19H,1-4,10H2. The van der Waals surface area contributed by atoms with E-state index in [1.807, 2.05) is 0 Å². The third-order valence-corrected chi connectivity index (χ3v) is 6.51. The van der Waals surface area contributed by atoms with E-state index < -0.39 is 15.8 Å². The van der Waals surface area contributed by atoms with Gasteiger partial charge in [0.05, 0.1) is 17.2 Å². The van der Waals surface area contributed by atoms with Crippen molar-refractivity contribution in [2.75, 3.05) is 4.72 Å². The fraction of sp³-hybridized carbons (Fsp3) is 0.375. The molecule has 0 amide bonds. The Morgan fingerprint density at radius 1 is 1.26 bits per heavy atom. The molecule has 1 aliphatic carbocycles. The molecule has 0 spiro atoms. The van der Waals surface area contributed by atoms with E-state index in [0.717, 1.165) is 31.2 Å². The number of hydrogen-bond donors (Lipinski definition) is 2. The molecule has 2 N–H and O–H groups in total. The average molecular weight is 355 g/mol. The molecule has 23 heavy (non-hydrogen) atoms. The molecule has 2 aromatic rings. The van der Waals surface area contributed by atoms with Crippen LogP contribution in [0.15, 0.2) is 34.5 Å². The van der Waals surface area contributed by atoms with E-state index in [1.54, 1.807) is 17.5 Å². The summed E-state index contributed by atoms with van der Waals surface area (Å²) in [5.41, 5.74) is 1.15. The van der Waals surface area contributed by atoms with Crippen LogP contribution < -0.4 is 4.72 Å². The van der Waals surface area contributed by atoms with Crippen LogP contribution >= 0.6 is 11.3 Å². The van der Waals surface area contributed by atoms with E-state index in [-0.39, 0.29) is 17.2 Å². The third-order valence-electron chi connectivity index (χ3n) is 4.21. The monoisotopic (exact) mass is 355 g/mol. The van der Waals surface area contributed by atoms with Gasteiger partial charge in [0, 0.05) is 0 Å². The van der Waals surface area contributed by atoms with Gasteiger partial charge in [0.15, 0.2) is 0 Å². The van der Waals surface area contributed by atoms with Crippen LogP contribution in [0, 0.1) is 5.82 Å². The molecule has 1 aliphatic rings. The fourth-order valence-electron chi connectivity index (χ4n) is 3.00. The maximum absolute atomic E-state index is 14.3. The van der Waals surface area contributed by atoms with Gasteiger partial charge in [0.1, 0.15) is 10.7 Å². The number of hydrogen-bond acceptors (Lipinski definition) is 4. The predicted molar refractivity (Wildman–Crippen MR) is 88.7 cm³/mol. The van der Waals surface area contributed by atoms with E-state index in [2.05, 4.69) is 4.72 Å². The van der Waals surface area contributed by atoms with Crippen LogP contribution in [0.5, 0.6) is 0 Å². The van der Waals surface area contributed by atoms with Gasteiger partial charge in [-0.15, -0.1) is 11.3 Å². The largest absolute Gasteiger partial charge is 0.391 e. The fourth-order valence-corrected chi connectivity index (χ4v) is 4.91. The molecule has 1 aromatic heterocycles. The third kappa shape index (κ3) is 3.41. The summed E-state index contributed by atoms with van der Waals surface area (Å²) in [4.78, 5) is 0.130. The van der Waals surface area contributed by atoms with Gasteiger partial charge >= 0.3 is 0 Å². The number of rotatable bonds is 5. The highest BCUT2D eigenvalue weighted by molar-refractivity contribution is 7.92. The Labute approximate surface area is 139 Å². The normalized spacial score (nSPS) is 15.9. The van der Waals surface area contributed by atoms with Gasteiger partial charge in [-0.3, -0.25) is 4.72 Å². The summed E-state index contributed by atoms with van der Waals surface area (Å²) in [5.74, 6) is -0.408. The van der Waals surface area contributed by atoms with E-state index in [4.69, 9.17) is 0 Å². The predicted octanol–water partition coefficient (Wildman–Crippen LogP) is 3.84. The summed E-state index contributed by atoms with van der Waals surface area (Å²) in [6.45, 7) is -0.265. The number of aliphatic hydroxyl groups excluding tert-OH is 1. The van der Waals surface area contributed by atoms with Gasteiger partial charge in [-0.2, -0.15) is 0 Å². The molecule has 0 bridgehead atoms. The van der Waals surface area contributed by atoms with Crippen molar-refractivity contribution < 1.29 is 17.9 Å². The highest BCUT2D eigenvalue weighted by Crippen LogP contribution is 2.35. The number of benzene rings is 1. The lowest BCUT2D eigenvalue weighted by Gasteiger charge is -2.13. The van der Waals surface area contributed by atoms with Crippen molar-refractivity contribution in [1.29, 1.82) is 0 Å². The summed E-state index contributed by atoms with van der Waals surface area (Å²) >= 11 is 1.24. The second kappa shape index (κ2) is 6.59. The van der Waals surface area contributed by atoms with Crippen molar-refractivity contribution in [3.63, 3.8) is 0 Å². The molecule has 1 saturated carbocycles. The minimum absolute atomic E-state index is 0.265. The Bertz CT molecular complexity index is 795. The first kappa shape index (κ1) is 16.4. The molecule has 4 nitrogen and oxygen atoms in total. The van der Waals surface area contributed by atoms with Crippen LogP contribution in [0.2, 0.25) is 0 Å². The van der Waals surface area contributed by atoms with Gasteiger partial charge in [-0.25, -0.2) is 12.8 Å². The number of sulfonamides is 1. The summed E-state index contributed by atoms with van der Waals surface area (Å²) in [6, 6.07) is 5.92. The average Bonchev–Trinajstić information content (AvgIpc) is 3.17. The molecule has 0 saturated heterocycles. The van der Waals surface area contributed by atoms with Crippen molar-refractivity contribution in [2.45, 2.75) is 43.1 Å². The van der Waals surface area contributed by atoms with Crippen LogP contribution in [-0.4, -0.2) is 13.5 Å². The van der Waals surface area contributed by atoms with E-state index >= 15 is 0 Å². The molecule has 0 aliphatic heterocycles. The molecule has 0 atom stereocenters. The molecule has 1 fully saturated rings. The van der Waals surface area contributed by atoms with Gasteiger partial charge in [-0.1, -0.05) is 18.9 Å². The lowest BCUT2D eigenvalue weighted by molar-refractivity contribution is 0.286. The summed E-state index contributed by atoms with van der Waals surface area (Å²) in [7, 11) is -4.02. The number of halogens is 1. The maximum Gasteiger partial charge on any atom is 0.264 e. The maximum atomic E-state index is 14.3. The van der Waals surface area contributed by atoms with E-state index in [0.29, 0.717) is 10.8 Å². The Hall–Kier alpha value is -1.44. The minimum Gasteiger partial charge on any atom is -0.391 e. The molecule has 7 heteroatoms. The van der Waals surface area contributed by atoms with E-state index in [1.165, 1.54) is 23.5 Å². The molecule has 124 valence electrons. The van der Waals surface area contributed by atoms with Crippen LogP contribution in [-0.2, 0) is 16.6 Å². The molecule has 0 radical (unpaired) electrons. The zero-order valence-electron chi connectivity index (χ0n) is 12.5. The van der Waals surface area contributed by atoms with Crippen molar-refractivity contribution in [1.82, 2.24) is 0 Å². The minimum atomic E-state index is -4.02. The summed E-state index contributed by atoms with van der Waals surface area (Å²) in [6.07, 6.45) is 4.32. The van der Waals surface area contributed by atoms with Crippen LogP contribution in [0.25, 0.3) is 0 Å². The Morgan fingerprint density at radius 2 is 2.00 bits per heavy atom. The Morgan fingerprint density at radius 3 is 2.65 bits per heavy atom. The Kier molecular flexibility index (Phi) is 4.70. The number of thiophene rings is 1. The Balaban J connectivity index is 1.87. The number of aliphatic hydroxyl groups is 1. The van der Waals surface area contributed by atoms with Crippen molar-refractivity contribution in [3.8, 4) is 0 Å². The SMILES string of the molecule is O=S(=O)(Nc1ccsc1CO)c1ccc(C2CCCC2)cc1F. The van der Waals surface area contributed by atoms with Gasteiger partial charge < -0.3 is 5.11 Å². The second-order valence-corrected chi connectivity index (χ2v) is 8.34. The first-order valence-corrected chi connectivity index (χ1v) is 9.87. The molecule has 1 heterocycles. The van der Waals surface area contributed by atoms with Gasteiger partial charge in [0.25, 0.3) is 10.0 Å². The summed E-state index contributed by atoms with van der Waals surface area (Å²) < 4.78 is 41.5. The smallest absolute Gasteiger partial charge is 0.264 e. The highest BCUT2D eigenvalue weighted by Gasteiger charge is 2.23. The van der Waals surface area contributed by atoms with Crippen LogP contribution in [0.3, 0.4) is 0 Å². The van der Waals surface area contributed by atoms with Gasteiger partial charge in [-0.05, 0) is 47.9 Å². The molecular formula is C16H18FNO3S2. The molecule has 0 unspecified atom stereocenters. The van der Waals surface area contributed by atoms with Crippen LogP contribution in [0.1, 0.15) is 42.0 Å². The lowest BCUT2D eigenvalue weighted by Crippen LogP contribution is -2.15. The summed E-state index contributed by atoms with van der Waals surface area (Å²) in [5, 5.41) is 10.9. The zero-order chi connectivity index (χ0) is 16.4. The first-order valence-electron chi connectivity index (χ1n) is 7.51. The quantitative estimate of drug-likeness (QED) is 0.856.